The fraction of sp³-hybridized carbons (Fsp3) is 0.400. The molecular weight excluding hydrogens is 262 g/mol. The number of carbonyl (C=O) groups excluding carboxylic acids is 1. The lowest BCUT2D eigenvalue weighted by Gasteiger charge is -2.13. The van der Waals surface area contributed by atoms with E-state index < -0.39 is 27.3 Å². The Morgan fingerprint density at radius 3 is 2.33 bits per heavy atom. The van der Waals surface area contributed by atoms with Crippen molar-refractivity contribution in [1.29, 1.82) is 0 Å². The van der Waals surface area contributed by atoms with Gasteiger partial charge in [0.05, 0.1) is 5.56 Å². The molecule has 1 aromatic heterocycles. The molecule has 0 spiro atoms. The molecule has 0 bridgehead atoms. The van der Waals surface area contributed by atoms with E-state index in [9.17, 15) is 23.1 Å². The largest absolute Gasteiger partial charge is 0.494 e. The maximum Gasteiger partial charge on any atom is 0.269 e. The van der Waals surface area contributed by atoms with Gasteiger partial charge in [0, 0.05) is 12.1 Å². The van der Waals surface area contributed by atoms with Gasteiger partial charge in [0.1, 0.15) is 5.75 Å². The van der Waals surface area contributed by atoms with Gasteiger partial charge in [0.2, 0.25) is 5.88 Å². The van der Waals surface area contributed by atoms with Crippen LogP contribution < -0.4 is 5.56 Å². The zero-order valence-corrected chi connectivity index (χ0v) is 10.7. The predicted octanol–water partition coefficient (Wildman–Crippen LogP) is 0.0825. The summed E-state index contributed by atoms with van der Waals surface area (Å²) in [5.74, 6) is -1.40. The van der Waals surface area contributed by atoms with Crippen LogP contribution >= 0.6 is 0 Å². The Hall–Kier alpha value is -1.67. The Morgan fingerprint density at radius 1 is 1.39 bits per heavy atom. The Kier molecular flexibility index (Phi) is 3.92. The lowest BCUT2D eigenvalue weighted by atomic mass is 10.1. The zero-order valence-electron chi connectivity index (χ0n) is 9.87. The number of hydrogen-bond donors (Lipinski definition) is 2. The van der Waals surface area contributed by atoms with Gasteiger partial charge in [-0.1, -0.05) is 0 Å². The fourth-order valence-electron chi connectivity index (χ4n) is 1.68. The Balaban J connectivity index is 3.72. The van der Waals surface area contributed by atoms with Gasteiger partial charge >= 0.3 is 0 Å². The first-order chi connectivity index (χ1) is 8.22. The van der Waals surface area contributed by atoms with Crippen molar-refractivity contribution in [2.45, 2.75) is 26.1 Å². The van der Waals surface area contributed by atoms with E-state index >= 15 is 0 Å². The van der Waals surface area contributed by atoms with Crippen molar-refractivity contribution in [3.63, 3.8) is 0 Å². The average Bonchev–Trinajstić information content (AvgIpc) is 2.24. The van der Waals surface area contributed by atoms with Gasteiger partial charge in [-0.15, -0.1) is 0 Å². The predicted molar refractivity (Wildman–Crippen MR) is 63.4 cm³/mol. The van der Waals surface area contributed by atoms with Crippen LogP contribution in [0.3, 0.4) is 0 Å². The second-order valence-corrected chi connectivity index (χ2v) is 5.19. The standard InChI is InChI=1S/C10H13NO6S/c1-3-11-9(13)7(4-12)6(2)8(10(11)14)5-18(15,16)17/h4,13H,3,5H2,1-2H3,(H,15,16,17). The number of rotatable bonds is 4. The van der Waals surface area contributed by atoms with E-state index in [4.69, 9.17) is 4.55 Å². The SMILES string of the molecule is CCn1c(O)c(C=O)c(C)c(CS(=O)(=O)O)c1=O. The molecular formula is C10H13NO6S. The monoisotopic (exact) mass is 275 g/mol. The highest BCUT2D eigenvalue weighted by Gasteiger charge is 2.21. The summed E-state index contributed by atoms with van der Waals surface area (Å²) in [4.78, 5) is 22.8. The molecule has 1 heterocycles. The summed E-state index contributed by atoms with van der Waals surface area (Å²) in [6.45, 7) is 2.97. The third-order valence-electron chi connectivity index (χ3n) is 2.62. The Labute approximate surface area is 103 Å². The van der Waals surface area contributed by atoms with Gasteiger partial charge < -0.3 is 5.11 Å². The second kappa shape index (κ2) is 4.91. The molecule has 0 atom stereocenters. The van der Waals surface area contributed by atoms with Crippen molar-refractivity contribution in [1.82, 2.24) is 4.57 Å². The number of aromatic hydroxyl groups is 1. The third-order valence-corrected chi connectivity index (χ3v) is 3.27. The highest BCUT2D eigenvalue weighted by Crippen LogP contribution is 2.20. The molecule has 0 saturated heterocycles. The first kappa shape index (κ1) is 14.4. The van der Waals surface area contributed by atoms with Crippen molar-refractivity contribution in [2.75, 3.05) is 0 Å². The van der Waals surface area contributed by atoms with E-state index in [2.05, 4.69) is 0 Å². The van der Waals surface area contributed by atoms with Crippen LogP contribution in [0.5, 0.6) is 5.88 Å². The molecule has 18 heavy (non-hydrogen) atoms. The van der Waals surface area contributed by atoms with Crippen molar-refractivity contribution in [3.8, 4) is 5.88 Å². The molecule has 0 amide bonds. The molecule has 100 valence electrons. The van der Waals surface area contributed by atoms with E-state index in [1.165, 1.54) is 6.92 Å². The van der Waals surface area contributed by atoms with Gasteiger partial charge in [0.25, 0.3) is 15.7 Å². The summed E-state index contributed by atoms with van der Waals surface area (Å²) in [5, 5.41) is 9.69. The summed E-state index contributed by atoms with van der Waals surface area (Å²) in [7, 11) is -4.40. The van der Waals surface area contributed by atoms with Gasteiger partial charge in [-0.3, -0.25) is 18.7 Å². The van der Waals surface area contributed by atoms with Crippen molar-refractivity contribution >= 4 is 16.4 Å². The zero-order chi connectivity index (χ0) is 14.1. The Morgan fingerprint density at radius 2 is 1.94 bits per heavy atom. The van der Waals surface area contributed by atoms with Crippen LogP contribution in [-0.2, 0) is 22.4 Å². The van der Waals surface area contributed by atoms with Crippen LogP contribution in [0.1, 0.15) is 28.4 Å². The van der Waals surface area contributed by atoms with E-state index in [-0.39, 0.29) is 23.2 Å². The molecule has 0 aromatic carbocycles. The number of aldehydes is 1. The van der Waals surface area contributed by atoms with E-state index in [0.29, 0.717) is 6.29 Å². The maximum atomic E-state index is 11.9. The average molecular weight is 275 g/mol. The van der Waals surface area contributed by atoms with Crippen LogP contribution in [0.4, 0.5) is 0 Å². The van der Waals surface area contributed by atoms with E-state index in [1.807, 2.05) is 0 Å². The topological polar surface area (TPSA) is 114 Å². The van der Waals surface area contributed by atoms with Crippen LogP contribution in [0.25, 0.3) is 0 Å². The van der Waals surface area contributed by atoms with Crippen molar-refractivity contribution in [3.05, 3.63) is 27.0 Å². The molecule has 0 saturated carbocycles. The second-order valence-electron chi connectivity index (χ2n) is 3.73. The summed E-state index contributed by atoms with van der Waals surface area (Å²) >= 11 is 0. The molecule has 8 heteroatoms. The smallest absolute Gasteiger partial charge is 0.269 e. The van der Waals surface area contributed by atoms with Crippen molar-refractivity contribution in [2.24, 2.45) is 0 Å². The number of carbonyl (C=O) groups is 1. The first-order valence-corrected chi connectivity index (χ1v) is 6.69. The fourth-order valence-corrected chi connectivity index (χ4v) is 2.39. The summed E-state index contributed by atoms with van der Waals surface area (Å²) in [5.41, 5.74) is -1.07. The maximum absolute atomic E-state index is 11.9. The number of nitrogens with zero attached hydrogens (tertiary/aromatic N) is 1. The molecule has 7 nitrogen and oxygen atoms in total. The quantitative estimate of drug-likeness (QED) is 0.594. The molecule has 2 N–H and O–H groups in total. The van der Waals surface area contributed by atoms with Gasteiger partial charge in [-0.25, -0.2) is 0 Å². The first-order valence-electron chi connectivity index (χ1n) is 5.08. The van der Waals surface area contributed by atoms with Crippen molar-refractivity contribution < 1.29 is 22.9 Å². The molecule has 0 unspecified atom stereocenters. The molecule has 0 aliphatic rings. The molecule has 1 aromatic rings. The number of hydrogen-bond acceptors (Lipinski definition) is 5. The summed E-state index contributed by atoms with van der Waals surface area (Å²) < 4.78 is 31.4. The van der Waals surface area contributed by atoms with E-state index in [1.54, 1.807) is 6.92 Å². The molecule has 0 fully saturated rings. The van der Waals surface area contributed by atoms with Crippen LogP contribution in [0.2, 0.25) is 0 Å². The van der Waals surface area contributed by atoms with Crippen LogP contribution in [0.15, 0.2) is 4.79 Å². The summed E-state index contributed by atoms with van der Waals surface area (Å²) in [6, 6.07) is 0. The highest BCUT2D eigenvalue weighted by atomic mass is 32.2. The minimum atomic E-state index is -4.40. The van der Waals surface area contributed by atoms with Gasteiger partial charge in [-0.05, 0) is 19.4 Å². The number of pyridine rings is 1. The minimum absolute atomic E-state index is 0.0508. The highest BCUT2D eigenvalue weighted by molar-refractivity contribution is 7.85. The van der Waals surface area contributed by atoms with Crippen LogP contribution in [-0.4, -0.2) is 28.9 Å². The lowest BCUT2D eigenvalue weighted by Crippen LogP contribution is -2.27. The number of aromatic nitrogens is 1. The van der Waals surface area contributed by atoms with Gasteiger partial charge in [-0.2, -0.15) is 8.42 Å². The normalized spacial score (nSPS) is 11.5. The van der Waals surface area contributed by atoms with Crippen LogP contribution in [0, 0.1) is 6.92 Å². The summed E-state index contributed by atoms with van der Waals surface area (Å²) in [6.07, 6.45) is 0.337. The van der Waals surface area contributed by atoms with Gasteiger partial charge in [0.15, 0.2) is 6.29 Å². The third kappa shape index (κ3) is 2.59. The lowest BCUT2D eigenvalue weighted by molar-refractivity contribution is 0.111. The Bertz CT molecular complexity index is 643. The minimum Gasteiger partial charge on any atom is -0.494 e. The van der Waals surface area contributed by atoms with E-state index in [0.717, 1.165) is 4.57 Å². The molecule has 0 aliphatic heterocycles. The molecule has 1 rings (SSSR count). The molecule has 0 radical (unpaired) electrons. The molecule has 0 aliphatic carbocycles.